The number of rotatable bonds is 7. The first-order valence-electron chi connectivity index (χ1n) is 8.04. The summed E-state index contributed by atoms with van der Waals surface area (Å²) in [5, 5.41) is -0.819. The van der Waals surface area contributed by atoms with Gasteiger partial charge in [0.25, 0.3) is 5.91 Å². The molecular weight excluding hydrogens is 438 g/mol. The number of imide groups is 1. The van der Waals surface area contributed by atoms with Gasteiger partial charge in [0.1, 0.15) is 12.1 Å². The largest absolute Gasteiger partial charge is 0.412 e. The average Bonchev–Trinajstić information content (AvgIpc) is 2.62. The van der Waals surface area contributed by atoms with Crippen molar-refractivity contribution < 1.29 is 36.7 Å². The summed E-state index contributed by atoms with van der Waals surface area (Å²) in [7, 11) is 1.36. The molecule has 0 fully saturated rings. The van der Waals surface area contributed by atoms with Crippen molar-refractivity contribution in [3.05, 3.63) is 34.1 Å². The van der Waals surface area contributed by atoms with Gasteiger partial charge in [-0.2, -0.15) is 13.2 Å². The third-order valence-corrected chi connectivity index (χ3v) is 5.40. The smallest absolute Gasteiger partial charge is 0.383 e. The van der Waals surface area contributed by atoms with Crippen LogP contribution in [0.2, 0.25) is 5.02 Å². The number of halogens is 5. The van der Waals surface area contributed by atoms with Crippen LogP contribution in [0.25, 0.3) is 0 Å². The lowest BCUT2D eigenvalue weighted by molar-refractivity contribution is -0.124. The highest BCUT2D eigenvalue weighted by Gasteiger charge is 2.36. The first kappa shape index (κ1) is 25.1. The van der Waals surface area contributed by atoms with Crippen LogP contribution < -0.4 is 4.90 Å². The molecule has 0 radical (unpaired) electrons. The van der Waals surface area contributed by atoms with Crippen molar-refractivity contribution >= 4 is 47.2 Å². The topological polar surface area (TPSA) is 63.7 Å². The van der Waals surface area contributed by atoms with Crippen molar-refractivity contribution in [1.29, 1.82) is 0 Å². The van der Waals surface area contributed by atoms with Gasteiger partial charge in [0.2, 0.25) is 5.91 Å². The van der Waals surface area contributed by atoms with Crippen molar-refractivity contribution in [2.24, 2.45) is 0 Å². The fourth-order valence-corrected chi connectivity index (χ4v) is 3.39. The predicted octanol–water partition coefficient (Wildman–Crippen LogP) is 4.56. The first-order chi connectivity index (χ1) is 13.3. The van der Waals surface area contributed by atoms with E-state index in [1.807, 2.05) is 0 Å². The van der Waals surface area contributed by atoms with Gasteiger partial charge in [0.05, 0.1) is 22.6 Å². The molecule has 0 bridgehead atoms. The van der Waals surface area contributed by atoms with Crippen LogP contribution in [0, 0.1) is 5.82 Å². The zero-order valence-electron chi connectivity index (χ0n) is 15.9. The van der Waals surface area contributed by atoms with E-state index in [0.717, 1.165) is 37.7 Å². The molecule has 0 N–H and O–H groups in total. The summed E-state index contributed by atoms with van der Waals surface area (Å²) in [6.07, 6.45) is -4.22. The monoisotopic (exact) mass is 455 g/mol. The Balaban J connectivity index is 3.50. The molecule has 11 heteroatoms. The van der Waals surface area contributed by atoms with Gasteiger partial charge >= 0.3 is 6.18 Å². The molecule has 1 aromatic rings. The van der Waals surface area contributed by atoms with E-state index < -0.39 is 45.9 Å². The molecule has 0 aliphatic heterocycles. The van der Waals surface area contributed by atoms with Crippen molar-refractivity contribution in [1.82, 2.24) is 0 Å². The molecule has 1 unspecified atom stereocenters. The number of methoxy groups -OCH3 is 1. The summed E-state index contributed by atoms with van der Waals surface area (Å²) in [5.41, 5.74) is -2.55. The minimum atomic E-state index is -4.79. The number of carbonyl (C=O) groups is 3. The Kier molecular flexibility index (Phi) is 8.85. The molecule has 0 aliphatic carbocycles. The van der Waals surface area contributed by atoms with Crippen LogP contribution in [0.4, 0.5) is 23.2 Å². The SMILES string of the molecule is COCC(C=O)Sc1cc(N(C(C)=O)C(=O)/C(C)=C(\C)C(F)(F)F)c(F)cc1Cl. The number of allylic oxidation sites excluding steroid dienone is 1. The Hall–Kier alpha value is -1.91. The summed E-state index contributed by atoms with van der Waals surface area (Å²) in [4.78, 5) is 36.1. The van der Waals surface area contributed by atoms with E-state index >= 15 is 0 Å². The second kappa shape index (κ2) is 10.2. The highest BCUT2D eigenvalue weighted by molar-refractivity contribution is 8.00. The van der Waals surface area contributed by atoms with E-state index in [2.05, 4.69) is 0 Å². The maximum Gasteiger partial charge on any atom is 0.412 e. The van der Waals surface area contributed by atoms with Crippen LogP contribution in [-0.4, -0.2) is 43.2 Å². The summed E-state index contributed by atoms with van der Waals surface area (Å²) >= 11 is 6.86. The predicted molar refractivity (Wildman–Crippen MR) is 102 cm³/mol. The van der Waals surface area contributed by atoms with Gasteiger partial charge in [-0.1, -0.05) is 11.6 Å². The second-order valence-electron chi connectivity index (χ2n) is 5.89. The van der Waals surface area contributed by atoms with E-state index in [9.17, 15) is 31.9 Å². The van der Waals surface area contributed by atoms with Gasteiger partial charge in [-0.15, -0.1) is 11.8 Å². The number of aldehydes is 1. The molecule has 0 saturated heterocycles. The molecule has 5 nitrogen and oxygen atoms in total. The minimum absolute atomic E-state index is 0.0131. The van der Waals surface area contributed by atoms with Crippen molar-refractivity contribution in [3.63, 3.8) is 0 Å². The lowest BCUT2D eigenvalue weighted by atomic mass is 10.1. The fraction of sp³-hybridized carbons (Fsp3) is 0.389. The maximum absolute atomic E-state index is 14.5. The molecule has 0 spiro atoms. The lowest BCUT2D eigenvalue weighted by Gasteiger charge is -2.23. The number of nitrogens with zero attached hydrogens (tertiary/aromatic N) is 1. The van der Waals surface area contributed by atoms with E-state index in [1.165, 1.54) is 7.11 Å². The number of thioether (sulfide) groups is 1. The van der Waals surface area contributed by atoms with Gasteiger partial charge in [-0.25, -0.2) is 9.29 Å². The van der Waals surface area contributed by atoms with Gasteiger partial charge < -0.3 is 9.53 Å². The normalized spacial score (nSPS) is 13.6. The third-order valence-electron chi connectivity index (χ3n) is 3.83. The fourth-order valence-electron chi connectivity index (χ4n) is 2.17. The molecule has 0 aliphatic rings. The Labute approximate surface area is 174 Å². The number of ether oxygens (including phenoxy) is 1. The van der Waals surface area contributed by atoms with Crippen LogP contribution >= 0.6 is 23.4 Å². The average molecular weight is 456 g/mol. The van der Waals surface area contributed by atoms with Crippen molar-refractivity contribution in [2.75, 3.05) is 18.6 Å². The van der Waals surface area contributed by atoms with Crippen LogP contribution in [0.15, 0.2) is 28.2 Å². The number of carbonyl (C=O) groups excluding carboxylic acids is 3. The standard InChI is InChI=1S/C18H18ClF4NO4S/c1-9(10(2)18(21,22)23)17(27)24(11(3)26)15-6-16(13(19)5-14(15)20)29-12(7-25)8-28-4/h5-7,12H,8H2,1-4H3/b10-9+. The van der Waals surface area contributed by atoms with Crippen LogP contribution in [0.3, 0.4) is 0 Å². The number of anilines is 1. The molecule has 0 saturated carbocycles. The van der Waals surface area contributed by atoms with E-state index in [4.69, 9.17) is 16.3 Å². The number of hydrogen-bond acceptors (Lipinski definition) is 5. The summed E-state index contributed by atoms with van der Waals surface area (Å²) in [6.45, 7) is 2.50. The Bertz CT molecular complexity index is 842. The quantitative estimate of drug-likeness (QED) is 0.261. The Morgan fingerprint density at radius 1 is 1.28 bits per heavy atom. The number of benzene rings is 1. The van der Waals surface area contributed by atoms with Gasteiger partial charge in [0, 0.05) is 30.1 Å². The third kappa shape index (κ3) is 6.28. The van der Waals surface area contributed by atoms with Crippen molar-refractivity contribution in [3.8, 4) is 0 Å². The molecule has 160 valence electrons. The van der Waals surface area contributed by atoms with E-state index in [0.29, 0.717) is 18.1 Å². The first-order valence-corrected chi connectivity index (χ1v) is 9.30. The molecule has 0 heterocycles. The molecular formula is C18H18ClF4NO4S. The van der Waals surface area contributed by atoms with Gasteiger partial charge in [0.15, 0.2) is 0 Å². The molecule has 2 amide bonds. The number of amides is 2. The zero-order chi connectivity index (χ0) is 22.5. The molecule has 1 rings (SSSR count). The Morgan fingerprint density at radius 2 is 1.86 bits per heavy atom. The maximum atomic E-state index is 14.5. The molecule has 1 aromatic carbocycles. The van der Waals surface area contributed by atoms with Crippen LogP contribution in [-0.2, 0) is 19.1 Å². The second-order valence-corrected chi connectivity index (χ2v) is 7.58. The number of hydrogen-bond donors (Lipinski definition) is 0. The number of alkyl halides is 3. The highest BCUT2D eigenvalue weighted by Crippen LogP contribution is 2.36. The van der Waals surface area contributed by atoms with Crippen molar-refractivity contribution in [2.45, 2.75) is 37.1 Å². The zero-order valence-corrected chi connectivity index (χ0v) is 17.5. The molecule has 0 aromatic heterocycles. The lowest BCUT2D eigenvalue weighted by Crippen LogP contribution is -2.37. The van der Waals surface area contributed by atoms with Crippen LogP contribution in [0.5, 0.6) is 0 Å². The summed E-state index contributed by atoms with van der Waals surface area (Å²) in [5.74, 6) is -3.41. The van der Waals surface area contributed by atoms with E-state index in [-0.39, 0.29) is 16.5 Å². The van der Waals surface area contributed by atoms with Crippen LogP contribution in [0.1, 0.15) is 20.8 Å². The summed E-state index contributed by atoms with van der Waals surface area (Å²) < 4.78 is 58.1. The highest BCUT2D eigenvalue weighted by atomic mass is 35.5. The van der Waals surface area contributed by atoms with Gasteiger partial charge in [-0.05, 0) is 26.0 Å². The molecule has 1 atom stereocenters. The molecule has 29 heavy (non-hydrogen) atoms. The van der Waals surface area contributed by atoms with Gasteiger partial charge in [-0.3, -0.25) is 9.59 Å². The minimum Gasteiger partial charge on any atom is -0.383 e. The summed E-state index contributed by atoms with van der Waals surface area (Å²) in [6, 6.07) is 1.84. The van der Waals surface area contributed by atoms with E-state index in [1.54, 1.807) is 0 Å². The Morgan fingerprint density at radius 3 is 2.31 bits per heavy atom.